The summed E-state index contributed by atoms with van der Waals surface area (Å²) < 4.78 is 33.3. The summed E-state index contributed by atoms with van der Waals surface area (Å²) in [6, 6.07) is 0. The lowest BCUT2D eigenvalue weighted by molar-refractivity contribution is -0.701. The molecule has 0 aliphatic carbocycles. The van der Waals surface area contributed by atoms with E-state index in [9.17, 15) is 13.0 Å². The number of aromatic nitrogens is 2. The van der Waals surface area contributed by atoms with Gasteiger partial charge in [0.1, 0.15) is 12.4 Å². The highest BCUT2D eigenvalue weighted by Crippen LogP contribution is 1.88. The average Bonchev–Trinajstić information content (AvgIpc) is 2.61. The van der Waals surface area contributed by atoms with Gasteiger partial charge in [0.25, 0.3) is 5.82 Å². The van der Waals surface area contributed by atoms with Crippen LogP contribution in [0.4, 0.5) is 0 Å². The van der Waals surface area contributed by atoms with Crippen LogP contribution in [0.5, 0.6) is 0 Å². The first-order chi connectivity index (χ1) is 7.40. The van der Waals surface area contributed by atoms with E-state index in [4.69, 9.17) is 0 Å². The molecule has 0 spiro atoms. The Kier molecular flexibility index (Phi) is 6.95. The quantitative estimate of drug-likeness (QED) is 0.479. The molecule has 16 heavy (non-hydrogen) atoms. The van der Waals surface area contributed by atoms with Crippen molar-refractivity contribution in [1.29, 1.82) is 0 Å². The zero-order chi connectivity index (χ0) is 12.6. The summed E-state index contributed by atoms with van der Waals surface area (Å²) in [5, 5.41) is 0. The van der Waals surface area contributed by atoms with Crippen molar-refractivity contribution < 1.29 is 21.7 Å². The van der Waals surface area contributed by atoms with Crippen molar-refractivity contribution in [3.8, 4) is 0 Å². The van der Waals surface area contributed by atoms with Crippen molar-refractivity contribution >= 4 is 10.4 Å². The third-order valence-corrected chi connectivity index (χ3v) is 2.34. The maximum atomic E-state index is 9.22. The molecule has 0 unspecified atom stereocenters. The van der Waals surface area contributed by atoms with Crippen LogP contribution in [0.3, 0.4) is 0 Å². The Balaban J connectivity index is 0.000000325. The second kappa shape index (κ2) is 7.37. The van der Waals surface area contributed by atoms with Gasteiger partial charge in [0.05, 0.1) is 13.7 Å². The van der Waals surface area contributed by atoms with Gasteiger partial charge in [-0.25, -0.2) is 18.0 Å². The molecule has 1 rings (SSSR count). The van der Waals surface area contributed by atoms with Crippen LogP contribution >= 0.6 is 0 Å². The first-order valence-corrected chi connectivity index (χ1v) is 6.29. The molecule has 1 N–H and O–H groups in total. The van der Waals surface area contributed by atoms with E-state index >= 15 is 0 Å². The van der Waals surface area contributed by atoms with Crippen LogP contribution in [0.25, 0.3) is 0 Å². The van der Waals surface area contributed by atoms with Gasteiger partial charge in [0, 0.05) is 6.92 Å². The fourth-order valence-electron chi connectivity index (χ4n) is 1.01. The van der Waals surface area contributed by atoms with Crippen LogP contribution in [0, 0.1) is 6.92 Å². The molecule has 0 fully saturated rings. The zero-order valence-electron chi connectivity index (χ0n) is 9.76. The Morgan fingerprint density at radius 2 is 2.12 bits per heavy atom. The normalized spacial score (nSPS) is 10.8. The average molecular weight is 250 g/mol. The summed E-state index contributed by atoms with van der Waals surface area (Å²) in [6.45, 7) is 5.45. The SMILES string of the molecule is CCCC[n+]1cc[nH]c1C.COS(=O)(=O)[O-]. The Bertz CT molecular complexity index is 386. The Hall–Kier alpha value is -0.920. The van der Waals surface area contributed by atoms with Crippen molar-refractivity contribution in [2.75, 3.05) is 7.11 Å². The second-order valence-corrected chi connectivity index (χ2v) is 4.32. The summed E-state index contributed by atoms with van der Waals surface area (Å²) in [7, 11) is -3.60. The number of rotatable bonds is 4. The monoisotopic (exact) mass is 250 g/mol. The molecule has 0 saturated heterocycles. The maximum Gasteiger partial charge on any atom is 0.251 e. The fraction of sp³-hybridized carbons (Fsp3) is 0.667. The van der Waals surface area contributed by atoms with Gasteiger partial charge in [-0.2, -0.15) is 0 Å². The van der Waals surface area contributed by atoms with Gasteiger partial charge >= 0.3 is 0 Å². The van der Waals surface area contributed by atoms with Gasteiger partial charge in [0.15, 0.2) is 0 Å². The van der Waals surface area contributed by atoms with E-state index in [0.29, 0.717) is 0 Å². The van der Waals surface area contributed by atoms with Gasteiger partial charge < -0.3 is 4.55 Å². The summed E-state index contributed by atoms with van der Waals surface area (Å²) in [4.78, 5) is 3.14. The molecular formula is C9H18N2O4S. The number of nitrogens with one attached hydrogen (secondary N) is 1. The number of nitrogens with zero attached hydrogens (tertiary/aromatic N) is 1. The molecule has 0 aliphatic rings. The van der Waals surface area contributed by atoms with E-state index in [2.05, 4.69) is 33.8 Å². The molecular weight excluding hydrogens is 232 g/mol. The number of imidazole rings is 1. The van der Waals surface area contributed by atoms with E-state index in [1.165, 1.54) is 18.7 Å². The maximum absolute atomic E-state index is 9.22. The topological polar surface area (TPSA) is 86.1 Å². The Morgan fingerprint density at radius 3 is 2.44 bits per heavy atom. The third kappa shape index (κ3) is 7.38. The predicted molar refractivity (Wildman–Crippen MR) is 57.3 cm³/mol. The van der Waals surface area contributed by atoms with Crippen LogP contribution in [-0.4, -0.2) is 25.1 Å². The Morgan fingerprint density at radius 1 is 1.56 bits per heavy atom. The molecule has 0 radical (unpaired) electrons. The number of aromatic amines is 1. The smallest absolute Gasteiger partial charge is 0.251 e. The summed E-state index contributed by atoms with van der Waals surface area (Å²) in [6.07, 6.45) is 6.59. The lowest BCUT2D eigenvalue weighted by atomic mass is 10.3. The van der Waals surface area contributed by atoms with Crippen molar-refractivity contribution in [2.45, 2.75) is 33.2 Å². The van der Waals surface area contributed by atoms with Crippen LogP contribution in [0.2, 0.25) is 0 Å². The highest BCUT2D eigenvalue weighted by Gasteiger charge is 2.01. The number of hydrogen-bond acceptors (Lipinski definition) is 4. The molecule has 0 saturated carbocycles. The molecule has 0 aromatic carbocycles. The molecule has 7 heteroatoms. The largest absolute Gasteiger partial charge is 0.726 e. The molecule has 0 bridgehead atoms. The number of H-pyrrole nitrogens is 1. The summed E-state index contributed by atoms with van der Waals surface area (Å²) in [5.74, 6) is 1.24. The van der Waals surface area contributed by atoms with E-state index < -0.39 is 10.4 Å². The van der Waals surface area contributed by atoms with E-state index in [-0.39, 0.29) is 0 Å². The van der Waals surface area contributed by atoms with Crippen molar-refractivity contribution in [3.63, 3.8) is 0 Å². The molecule has 6 nitrogen and oxygen atoms in total. The third-order valence-electron chi connectivity index (χ3n) is 1.93. The molecule has 1 aromatic rings. The van der Waals surface area contributed by atoms with Gasteiger partial charge in [-0.1, -0.05) is 13.3 Å². The Labute approximate surface area is 96.2 Å². The standard InChI is InChI=1S/C8H14N2.CH4O4S/c1-3-4-6-10-7-5-9-8(10)2;1-5-6(2,3)4/h5,7H,3-4,6H2,1-2H3;1H3,(H,2,3,4). The minimum atomic E-state index is -4.41. The highest BCUT2D eigenvalue weighted by atomic mass is 32.3. The zero-order valence-corrected chi connectivity index (χ0v) is 10.6. The minimum Gasteiger partial charge on any atom is -0.726 e. The highest BCUT2D eigenvalue weighted by molar-refractivity contribution is 7.80. The van der Waals surface area contributed by atoms with Crippen LogP contribution in [-0.2, 0) is 21.1 Å². The molecule has 1 aromatic heterocycles. The molecule has 1 heterocycles. The van der Waals surface area contributed by atoms with Crippen LogP contribution < -0.4 is 4.57 Å². The van der Waals surface area contributed by atoms with E-state index in [1.54, 1.807) is 0 Å². The first-order valence-electron chi connectivity index (χ1n) is 4.95. The van der Waals surface area contributed by atoms with Crippen molar-refractivity contribution in [1.82, 2.24) is 4.98 Å². The fourth-order valence-corrected chi connectivity index (χ4v) is 1.01. The van der Waals surface area contributed by atoms with Crippen LogP contribution in [0.15, 0.2) is 12.4 Å². The van der Waals surface area contributed by atoms with Crippen molar-refractivity contribution in [2.24, 2.45) is 0 Å². The number of unbranched alkanes of at least 4 members (excludes halogenated alkanes) is 1. The summed E-state index contributed by atoms with van der Waals surface area (Å²) >= 11 is 0. The molecule has 94 valence electrons. The van der Waals surface area contributed by atoms with Gasteiger partial charge in [0.2, 0.25) is 10.4 Å². The second-order valence-electron chi connectivity index (χ2n) is 3.17. The lowest BCUT2D eigenvalue weighted by Gasteiger charge is -1.98. The van der Waals surface area contributed by atoms with Gasteiger partial charge in [-0.15, -0.1) is 0 Å². The molecule has 0 amide bonds. The molecule has 0 atom stereocenters. The van der Waals surface area contributed by atoms with E-state index in [1.807, 2.05) is 6.20 Å². The predicted octanol–water partition coefficient (Wildman–Crippen LogP) is 0.504. The lowest BCUT2D eigenvalue weighted by Crippen LogP contribution is -2.34. The van der Waals surface area contributed by atoms with Crippen LogP contribution in [0.1, 0.15) is 25.6 Å². The number of hydrogen-bond donors (Lipinski definition) is 1. The van der Waals surface area contributed by atoms with Crippen molar-refractivity contribution in [3.05, 3.63) is 18.2 Å². The van der Waals surface area contributed by atoms with Gasteiger partial charge in [-0.3, -0.25) is 4.18 Å². The molecule has 0 aliphatic heterocycles. The summed E-state index contributed by atoms with van der Waals surface area (Å²) in [5.41, 5.74) is 0. The van der Waals surface area contributed by atoms with Gasteiger partial charge in [-0.05, 0) is 6.42 Å². The minimum absolute atomic E-state index is 0.808. The number of aryl methyl sites for hydroxylation is 2. The van der Waals surface area contributed by atoms with E-state index in [0.717, 1.165) is 13.7 Å². The first kappa shape index (κ1) is 15.1.